The van der Waals surface area contributed by atoms with Crippen molar-refractivity contribution in [3.8, 4) is 22.9 Å². The highest BCUT2D eigenvalue weighted by molar-refractivity contribution is 8.04. The van der Waals surface area contributed by atoms with Crippen LogP contribution < -0.4 is 41.5 Å². The highest BCUT2D eigenvalue weighted by Crippen LogP contribution is 2.40. The van der Waals surface area contributed by atoms with Crippen LogP contribution in [-0.2, 0) is 0 Å². The van der Waals surface area contributed by atoms with Crippen molar-refractivity contribution in [2.75, 3.05) is 0 Å². The standard InChI is InChI=1S/C66H56Si5/c1-67(2,70(63-45-25-9-26-46-63,64-47-27-10-28-48-64)68(59-37-17-5-18-38-59,60-39-19-6-20-40-60)55-53-57-33-13-3-14-34-57)71(65-49-29-11-30-50-65,66-51-31-12-32-52-66)69(61-41-21-7-22-42-61,62-43-23-8-24-44-62)56-54-58-35-15-4-16-36-58/h3-52H,1-2H3. The Kier molecular flexibility index (Phi) is 13.8. The van der Waals surface area contributed by atoms with Crippen LogP contribution in [0.25, 0.3) is 0 Å². The number of hydrogen-bond donors (Lipinski definition) is 0. The van der Waals surface area contributed by atoms with Crippen LogP contribution in [0.3, 0.4) is 0 Å². The molecule has 10 rings (SSSR count). The summed E-state index contributed by atoms with van der Waals surface area (Å²) in [6.07, 6.45) is 0. The molecule has 0 aliphatic carbocycles. The minimum atomic E-state index is -3.54. The number of rotatable bonds is 12. The Hall–Kier alpha value is -7.60. The molecule has 10 aromatic carbocycles. The molecule has 0 atom stereocenters. The molecule has 0 spiro atoms. The summed E-state index contributed by atoms with van der Waals surface area (Å²) in [6, 6.07) is 115. The zero-order chi connectivity index (χ0) is 48.5. The van der Waals surface area contributed by atoms with Crippen molar-refractivity contribution in [2.45, 2.75) is 13.1 Å². The van der Waals surface area contributed by atoms with Gasteiger partial charge >= 0.3 is 0 Å². The molecular formula is C66H56Si5. The Morgan fingerprint density at radius 1 is 0.211 bits per heavy atom. The molecule has 0 radical (unpaired) electrons. The van der Waals surface area contributed by atoms with Gasteiger partial charge < -0.3 is 0 Å². The Balaban J connectivity index is 1.56. The number of benzene rings is 10. The lowest BCUT2D eigenvalue weighted by atomic mass is 10.2. The van der Waals surface area contributed by atoms with E-state index in [0.717, 1.165) is 11.1 Å². The molecule has 71 heavy (non-hydrogen) atoms. The molecule has 0 bridgehead atoms. The summed E-state index contributed by atoms with van der Waals surface area (Å²) >= 11 is 0. The minimum Gasteiger partial charge on any atom is -0.117 e. The van der Waals surface area contributed by atoms with E-state index in [-0.39, 0.29) is 0 Å². The fourth-order valence-electron chi connectivity index (χ4n) is 12.4. The lowest BCUT2D eigenvalue weighted by Gasteiger charge is -2.63. The molecule has 0 aromatic heterocycles. The third-order valence-electron chi connectivity index (χ3n) is 15.0. The quantitative estimate of drug-likeness (QED) is 0.0847. The molecule has 10 aromatic rings. The van der Waals surface area contributed by atoms with E-state index in [1.807, 2.05) is 0 Å². The first-order valence-electron chi connectivity index (χ1n) is 24.6. The molecule has 0 N–H and O–H groups in total. The third-order valence-corrected chi connectivity index (χ3v) is 90.0. The monoisotopic (exact) mass is 988 g/mol. The van der Waals surface area contributed by atoms with Crippen LogP contribution in [0.4, 0.5) is 0 Å². The van der Waals surface area contributed by atoms with E-state index in [4.69, 9.17) is 0 Å². The van der Waals surface area contributed by atoms with Crippen molar-refractivity contribution >= 4 is 78.0 Å². The van der Waals surface area contributed by atoms with Gasteiger partial charge in [0.25, 0.3) is 0 Å². The largest absolute Gasteiger partial charge is 0.196 e. The van der Waals surface area contributed by atoms with Crippen molar-refractivity contribution in [1.29, 1.82) is 0 Å². The first-order chi connectivity index (χ1) is 35.0. The highest BCUT2D eigenvalue weighted by atomic mass is 29.9. The van der Waals surface area contributed by atoms with Gasteiger partial charge in [0.2, 0.25) is 0 Å². The molecule has 340 valence electrons. The van der Waals surface area contributed by atoms with Crippen LogP contribution in [0, 0.1) is 22.9 Å². The van der Waals surface area contributed by atoms with Gasteiger partial charge in [0.05, 0.1) is 7.11 Å². The first kappa shape index (κ1) is 47.1. The lowest BCUT2D eigenvalue weighted by molar-refractivity contribution is 1.65. The van der Waals surface area contributed by atoms with Crippen LogP contribution in [0.1, 0.15) is 11.1 Å². The molecule has 0 heterocycles. The van der Waals surface area contributed by atoms with Crippen molar-refractivity contribution in [3.63, 3.8) is 0 Å². The van der Waals surface area contributed by atoms with Crippen LogP contribution in [0.15, 0.2) is 303 Å². The second-order valence-corrected chi connectivity index (χ2v) is 58.7. The van der Waals surface area contributed by atoms with Crippen molar-refractivity contribution < 1.29 is 0 Å². The summed E-state index contributed by atoms with van der Waals surface area (Å²) in [4.78, 5) is 0. The van der Waals surface area contributed by atoms with E-state index in [1.165, 1.54) is 41.5 Å². The molecular weight excluding hydrogens is 933 g/mol. The van der Waals surface area contributed by atoms with Gasteiger partial charge in [-0.15, -0.1) is 11.1 Å². The van der Waals surface area contributed by atoms with Gasteiger partial charge in [-0.3, -0.25) is 0 Å². The van der Waals surface area contributed by atoms with E-state index >= 15 is 0 Å². The van der Waals surface area contributed by atoms with Gasteiger partial charge in [-0.25, -0.2) is 0 Å². The van der Waals surface area contributed by atoms with Gasteiger partial charge in [0, 0.05) is 11.1 Å². The summed E-state index contributed by atoms with van der Waals surface area (Å²) in [5.74, 6) is 8.09. The summed E-state index contributed by atoms with van der Waals surface area (Å²) in [7, 11) is -17.4. The molecule has 0 amide bonds. The molecule has 0 aliphatic rings. The van der Waals surface area contributed by atoms with Crippen molar-refractivity contribution in [1.82, 2.24) is 0 Å². The Labute approximate surface area is 425 Å². The molecule has 0 saturated heterocycles. The summed E-state index contributed by atoms with van der Waals surface area (Å²) in [5, 5.41) is 11.1. The van der Waals surface area contributed by atoms with E-state index in [0.29, 0.717) is 0 Å². The van der Waals surface area contributed by atoms with E-state index in [9.17, 15) is 0 Å². The zero-order valence-corrected chi connectivity index (χ0v) is 45.4. The normalized spacial score (nSPS) is 11.9. The topological polar surface area (TPSA) is 0 Å². The van der Waals surface area contributed by atoms with Crippen molar-refractivity contribution in [2.24, 2.45) is 0 Å². The van der Waals surface area contributed by atoms with Gasteiger partial charge in [-0.2, -0.15) is 0 Å². The van der Waals surface area contributed by atoms with Crippen LogP contribution in [0.2, 0.25) is 13.1 Å². The van der Waals surface area contributed by atoms with E-state index in [1.54, 1.807) is 0 Å². The van der Waals surface area contributed by atoms with Gasteiger partial charge in [-0.1, -0.05) is 325 Å². The predicted octanol–water partition coefficient (Wildman–Crippen LogP) is 9.24. The average Bonchev–Trinajstić information content (AvgIpc) is 3.46. The summed E-state index contributed by atoms with van der Waals surface area (Å²) in [6.45, 7) is 5.72. The maximum atomic E-state index is 4.58. The maximum Gasteiger partial charge on any atom is 0.196 e. The number of hydrogen-bond acceptors (Lipinski definition) is 0. The average molecular weight is 990 g/mol. The third kappa shape index (κ3) is 8.03. The zero-order valence-electron chi connectivity index (χ0n) is 40.4. The summed E-state index contributed by atoms with van der Waals surface area (Å²) in [5.41, 5.74) is 11.2. The first-order valence-corrected chi connectivity index (χ1v) is 39.6. The van der Waals surface area contributed by atoms with Gasteiger partial charge in [0.15, 0.2) is 15.2 Å². The van der Waals surface area contributed by atoms with Gasteiger partial charge in [0.1, 0.15) is 14.2 Å². The predicted molar refractivity (Wildman–Crippen MR) is 316 cm³/mol. The fraction of sp³-hybridized carbons (Fsp3) is 0.0303. The second kappa shape index (κ2) is 20.8. The maximum absolute atomic E-state index is 4.58. The second-order valence-electron chi connectivity index (χ2n) is 18.8. The van der Waals surface area contributed by atoms with E-state index in [2.05, 4.69) is 339 Å². The smallest absolute Gasteiger partial charge is 0.117 e. The molecule has 0 unspecified atom stereocenters. The Bertz CT molecular complexity index is 3020. The molecule has 0 aliphatic heterocycles. The van der Waals surface area contributed by atoms with Crippen molar-refractivity contribution in [3.05, 3.63) is 314 Å². The highest BCUT2D eigenvalue weighted by Gasteiger charge is 2.78. The molecule has 0 saturated carbocycles. The van der Waals surface area contributed by atoms with E-state index < -0.39 is 36.5 Å². The van der Waals surface area contributed by atoms with Crippen LogP contribution in [0.5, 0.6) is 0 Å². The van der Waals surface area contributed by atoms with Crippen LogP contribution in [-0.4, -0.2) is 36.5 Å². The fourth-order valence-corrected chi connectivity index (χ4v) is 121. The Morgan fingerprint density at radius 2 is 0.380 bits per heavy atom. The van der Waals surface area contributed by atoms with Crippen LogP contribution >= 0.6 is 0 Å². The molecule has 0 fully saturated rings. The minimum absolute atomic E-state index is 1.03. The Morgan fingerprint density at radius 3 is 0.577 bits per heavy atom. The summed E-state index contributed by atoms with van der Waals surface area (Å²) < 4.78 is 0. The molecule has 5 heteroatoms. The SMILES string of the molecule is C[Si](C)([Si](c1ccccc1)(c1ccccc1)[Si](C#Cc1ccccc1)(c1ccccc1)c1ccccc1)[Si](c1ccccc1)(c1ccccc1)[Si](C#Cc1ccccc1)(c1ccccc1)c1ccccc1. The van der Waals surface area contributed by atoms with Gasteiger partial charge in [-0.05, 0) is 45.0 Å². The lowest BCUT2D eigenvalue weighted by Crippen LogP contribution is -3.05. The molecule has 0 nitrogen and oxygen atoms in total.